The van der Waals surface area contributed by atoms with Crippen LogP contribution in [0.15, 0.2) is 0 Å². The fourth-order valence-electron chi connectivity index (χ4n) is 2.92. The summed E-state index contributed by atoms with van der Waals surface area (Å²) in [5, 5.41) is 3.40. The third-order valence-electron chi connectivity index (χ3n) is 3.73. The number of carbonyl (C=O) groups is 1. The monoisotopic (exact) mass is 210 g/mol. The normalized spacial score (nSPS) is 32.7. The number of piperidine rings is 1. The van der Waals surface area contributed by atoms with Crippen molar-refractivity contribution in [2.24, 2.45) is 5.92 Å². The van der Waals surface area contributed by atoms with Crippen LogP contribution < -0.4 is 5.32 Å². The van der Waals surface area contributed by atoms with E-state index in [9.17, 15) is 4.79 Å². The zero-order valence-electron chi connectivity index (χ0n) is 9.83. The molecule has 1 N–H and O–H groups in total. The van der Waals surface area contributed by atoms with Gasteiger partial charge in [0.25, 0.3) is 0 Å². The summed E-state index contributed by atoms with van der Waals surface area (Å²) in [7, 11) is 0. The lowest BCUT2D eigenvalue weighted by molar-refractivity contribution is -0.132. The molecule has 0 aromatic heterocycles. The second-order valence-electron chi connectivity index (χ2n) is 5.15. The predicted molar refractivity (Wildman–Crippen MR) is 60.6 cm³/mol. The molecular formula is C12H22N2O. The quantitative estimate of drug-likeness (QED) is 0.747. The topological polar surface area (TPSA) is 32.3 Å². The highest BCUT2D eigenvalue weighted by Gasteiger charge is 2.37. The number of rotatable bonds is 2. The molecule has 0 spiro atoms. The molecular weight excluding hydrogens is 188 g/mol. The van der Waals surface area contributed by atoms with Gasteiger partial charge in [0.05, 0.1) is 0 Å². The molecule has 2 aliphatic heterocycles. The minimum Gasteiger partial charge on any atom is -0.335 e. The summed E-state index contributed by atoms with van der Waals surface area (Å²) in [6.45, 7) is 6.57. The summed E-state index contributed by atoms with van der Waals surface area (Å²) in [5.74, 6) is 0.973. The molecule has 86 valence electrons. The largest absolute Gasteiger partial charge is 0.335 e. The fourth-order valence-corrected chi connectivity index (χ4v) is 2.92. The van der Waals surface area contributed by atoms with Crippen molar-refractivity contribution in [1.82, 2.24) is 10.2 Å². The van der Waals surface area contributed by atoms with Crippen LogP contribution in [0.25, 0.3) is 0 Å². The van der Waals surface area contributed by atoms with E-state index in [1.165, 1.54) is 12.8 Å². The number of carbonyl (C=O) groups excluding carboxylic acids is 1. The number of likely N-dealkylation sites (tertiary alicyclic amines) is 1. The molecule has 2 heterocycles. The summed E-state index contributed by atoms with van der Waals surface area (Å²) >= 11 is 0. The number of hydrogen-bond donors (Lipinski definition) is 1. The molecule has 0 bridgehead atoms. The van der Waals surface area contributed by atoms with E-state index in [1.54, 1.807) is 0 Å². The zero-order chi connectivity index (χ0) is 10.8. The molecule has 3 heteroatoms. The molecule has 2 rings (SSSR count). The van der Waals surface area contributed by atoms with Crippen LogP contribution in [0.1, 0.15) is 39.5 Å². The second kappa shape index (κ2) is 4.52. The third kappa shape index (κ3) is 2.17. The van der Waals surface area contributed by atoms with Crippen molar-refractivity contribution in [3.05, 3.63) is 0 Å². The van der Waals surface area contributed by atoms with Crippen LogP contribution in [0.5, 0.6) is 0 Å². The summed E-state index contributed by atoms with van der Waals surface area (Å²) in [5.41, 5.74) is 0. The van der Waals surface area contributed by atoms with Crippen molar-refractivity contribution in [3.8, 4) is 0 Å². The number of nitrogens with one attached hydrogen (secondary N) is 1. The van der Waals surface area contributed by atoms with Gasteiger partial charge in [0, 0.05) is 25.0 Å². The van der Waals surface area contributed by atoms with Gasteiger partial charge < -0.3 is 10.2 Å². The van der Waals surface area contributed by atoms with Crippen molar-refractivity contribution in [2.45, 2.75) is 51.6 Å². The molecule has 0 aromatic carbocycles. The first kappa shape index (κ1) is 10.9. The highest BCUT2D eigenvalue weighted by Crippen LogP contribution is 2.28. The van der Waals surface area contributed by atoms with Gasteiger partial charge in [-0.1, -0.05) is 13.8 Å². The summed E-state index contributed by atoms with van der Waals surface area (Å²) in [6, 6.07) is 0.948. The Morgan fingerprint density at radius 3 is 2.80 bits per heavy atom. The average Bonchev–Trinajstić information content (AvgIpc) is 2.61. The Balaban J connectivity index is 2.05. The van der Waals surface area contributed by atoms with Crippen molar-refractivity contribution >= 4 is 5.91 Å². The second-order valence-corrected chi connectivity index (χ2v) is 5.15. The van der Waals surface area contributed by atoms with Crippen molar-refractivity contribution in [2.75, 3.05) is 13.1 Å². The minimum absolute atomic E-state index is 0.377. The van der Waals surface area contributed by atoms with Crippen molar-refractivity contribution in [1.29, 1.82) is 0 Å². The van der Waals surface area contributed by atoms with E-state index in [-0.39, 0.29) is 0 Å². The van der Waals surface area contributed by atoms with Gasteiger partial charge in [-0.05, 0) is 31.7 Å². The van der Waals surface area contributed by atoms with Crippen LogP contribution in [-0.4, -0.2) is 36.0 Å². The van der Waals surface area contributed by atoms with E-state index < -0.39 is 0 Å². The summed E-state index contributed by atoms with van der Waals surface area (Å²) < 4.78 is 0. The highest BCUT2D eigenvalue weighted by molar-refractivity contribution is 5.79. The lowest BCUT2D eigenvalue weighted by Gasteiger charge is -2.37. The lowest BCUT2D eigenvalue weighted by Crippen LogP contribution is -2.51. The highest BCUT2D eigenvalue weighted by atomic mass is 16.2. The molecule has 1 amide bonds. The van der Waals surface area contributed by atoms with Crippen molar-refractivity contribution in [3.63, 3.8) is 0 Å². The van der Waals surface area contributed by atoms with E-state index in [0.717, 1.165) is 25.9 Å². The standard InChI is InChI=1S/C12H22N2O/c1-9(2)11-5-6-12(15)14(11)10-4-3-7-13-8-10/h9-11,13H,3-8H2,1-2H3/t10-,11-/m0/s1. The van der Waals surface area contributed by atoms with E-state index in [4.69, 9.17) is 0 Å². The summed E-state index contributed by atoms with van der Waals surface area (Å²) in [4.78, 5) is 14.1. The SMILES string of the molecule is CC(C)[C@@H]1CCC(=O)N1[C@H]1CCCNC1. The Labute approximate surface area is 92.2 Å². The number of hydrogen-bond acceptors (Lipinski definition) is 2. The maximum atomic E-state index is 11.9. The predicted octanol–water partition coefficient (Wildman–Crippen LogP) is 1.39. The van der Waals surface area contributed by atoms with Gasteiger partial charge >= 0.3 is 0 Å². The maximum Gasteiger partial charge on any atom is 0.223 e. The smallest absolute Gasteiger partial charge is 0.223 e. The third-order valence-corrected chi connectivity index (χ3v) is 3.73. The van der Waals surface area contributed by atoms with Crippen molar-refractivity contribution < 1.29 is 4.79 Å². The van der Waals surface area contributed by atoms with Gasteiger partial charge in [-0.15, -0.1) is 0 Å². The Kier molecular flexibility index (Phi) is 3.29. The zero-order valence-corrected chi connectivity index (χ0v) is 9.83. The van der Waals surface area contributed by atoms with Crippen LogP contribution >= 0.6 is 0 Å². The first-order valence-electron chi connectivity index (χ1n) is 6.22. The van der Waals surface area contributed by atoms with Gasteiger partial charge in [-0.25, -0.2) is 0 Å². The molecule has 2 atom stereocenters. The Morgan fingerprint density at radius 1 is 1.40 bits per heavy atom. The van der Waals surface area contributed by atoms with Gasteiger partial charge in [0.15, 0.2) is 0 Å². The first-order valence-corrected chi connectivity index (χ1v) is 6.22. The van der Waals surface area contributed by atoms with Crippen LogP contribution in [0.2, 0.25) is 0 Å². The Bertz CT molecular complexity index is 234. The average molecular weight is 210 g/mol. The fraction of sp³-hybridized carbons (Fsp3) is 0.917. The minimum atomic E-state index is 0.377. The van der Waals surface area contributed by atoms with Gasteiger partial charge in [0.1, 0.15) is 0 Å². The molecule has 0 radical (unpaired) electrons. The van der Waals surface area contributed by atoms with Crippen LogP contribution in [0, 0.1) is 5.92 Å². The number of amides is 1. The Hall–Kier alpha value is -0.570. The molecule has 0 aromatic rings. The maximum absolute atomic E-state index is 11.9. The van der Waals surface area contributed by atoms with Gasteiger partial charge in [-0.2, -0.15) is 0 Å². The van der Waals surface area contributed by atoms with Crippen LogP contribution in [0.4, 0.5) is 0 Å². The van der Waals surface area contributed by atoms with E-state index in [2.05, 4.69) is 24.1 Å². The van der Waals surface area contributed by atoms with E-state index >= 15 is 0 Å². The number of nitrogens with zero attached hydrogens (tertiary/aromatic N) is 1. The Morgan fingerprint density at radius 2 is 2.20 bits per heavy atom. The lowest BCUT2D eigenvalue weighted by atomic mass is 9.98. The summed E-state index contributed by atoms with van der Waals surface area (Å²) in [6.07, 6.45) is 4.22. The van der Waals surface area contributed by atoms with Crippen LogP contribution in [-0.2, 0) is 4.79 Å². The molecule has 0 saturated carbocycles. The first-order chi connectivity index (χ1) is 7.20. The van der Waals surface area contributed by atoms with Crippen LogP contribution in [0.3, 0.4) is 0 Å². The van der Waals surface area contributed by atoms with Gasteiger partial charge in [-0.3, -0.25) is 4.79 Å². The van der Waals surface area contributed by atoms with Gasteiger partial charge in [0.2, 0.25) is 5.91 Å². The van der Waals surface area contributed by atoms with E-state index in [1.807, 2.05) is 0 Å². The molecule has 2 saturated heterocycles. The molecule has 2 aliphatic rings. The molecule has 15 heavy (non-hydrogen) atoms. The molecule has 0 unspecified atom stereocenters. The van der Waals surface area contributed by atoms with E-state index in [0.29, 0.717) is 23.9 Å². The molecule has 0 aliphatic carbocycles. The molecule has 3 nitrogen and oxygen atoms in total. The molecule has 2 fully saturated rings.